The highest BCUT2D eigenvalue weighted by molar-refractivity contribution is 5.35. The lowest BCUT2D eigenvalue weighted by molar-refractivity contribution is 0.700. The molecular formula is C12H21N3. The van der Waals surface area contributed by atoms with Gasteiger partial charge in [0.25, 0.3) is 0 Å². The van der Waals surface area contributed by atoms with E-state index in [1.54, 1.807) is 0 Å². The van der Waals surface area contributed by atoms with Crippen LogP contribution in [0, 0.1) is 0 Å². The quantitative estimate of drug-likeness (QED) is 0.743. The van der Waals surface area contributed by atoms with Crippen molar-refractivity contribution >= 4 is 5.82 Å². The van der Waals surface area contributed by atoms with Crippen LogP contribution in [0.2, 0.25) is 0 Å². The number of hydrogen-bond donors (Lipinski definition) is 0. The molecule has 1 unspecified atom stereocenters. The molecule has 0 radical (unpaired) electrons. The van der Waals surface area contributed by atoms with Gasteiger partial charge in [-0.1, -0.05) is 13.8 Å². The van der Waals surface area contributed by atoms with Crippen LogP contribution in [0.3, 0.4) is 0 Å². The largest absolute Gasteiger partial charge is 0.356 e. The molecule has 0 aliphatic carbocycles. The molecule has 3 heteroatoms. The molecule has 1 atom stereocenters. The van der Waals surface area contributed by atoms with Gasteiger partial charge in [-0.05, 0) is 26.2 Å². The predicted molar refractivity (Wildman–Crippen MR) is 64.3 cm³/mol. The predicted octanol–water partition coefficient (Wildman–Crippen LogP) is 2.84. The first kappa shape index (κ1) is 12.0. The highest BCUT2D eigenvalue weighted by Crippen LogP contribution is 2.16. The first-order valence-corrected chi connectivity index (χ1v) is 5.79. The van der Waals surface area contributed by atoms with Crippen LogP contribution >= 0.6 is 0 Å². The second-order valence-corrected chi connectivity index (χ2v) is 3.78. The zero-order chi connectivity index (χ0) is 11.3. The second kappa shape index (κ2) is 5.69. The fourth-order valence-electron chi connectivity index (χ4n) is 1.51. The van der Waals surface area contributed by atoms with Gasteiger partial charge in [-0.25, -0.2) is 4.98 Å². The van der Waals surface area contributed by atoms with Crippen molar-refractivity contribution in [3.8, 4) is 0 Å². The van der Waals surface area contributed by atoms with E-state index in [1.165, 1.54) is 0 Å². The Hall–Kier alpha value is -1.12. The minimum absolute atomic E-state index is 0.503. The van der Waals surface area contributed by atoms with Gasteiger partial charge in [0.05, 0.1) is 18.1 Å². The van der Waals surface area contributed by atoms with Crippen molar-refractivity contribution < 1.29 is 0 Å². The molecular weight excluding hydrogens is 186 g/mol. The minimum Gasteiger partial charge on any atom is -0.356 e. The van der Waals surface area contributed by atoms with Crippen LogP contribution in [0.25, 0.3) is 0 Å². The van der Waals surface area contributed by atoms with Crippen LogP contribution in [0.4, 0.5) is 5.82 Å². The van der Waals surface area contributed by atoms with E-state index in [0.29, 0.717) is 5.92 Å². The Bertz CT molecular complexity index is 277. The molecule has 0 spiro atoms. The third-order valence-electron chi connectivity index (χ3n) is 2.86. The topological polar surface area (TPSA) is 29.0 Å². The number of anilines is 1. The van der Waals surface area contributed by atoms with Gasteiger partial charge in [-0.15, -0.1) is 0 Å². The van der Waals surface area contributed by atoms with E-state index >= 15 is 0 Å². The second-order valence-electron chi connectivity index (χ2n) is 3.78. The van der Waals surface area contributed by atoms with Gasteiger partial charge >= 0.3 is 0 Å². The van der Waals surface area contributed by atoms with Crippen LogP contribution in [-0.4, -0.2) is 23.1 Å². The lowest BCUT2D eigenvalue weighted by Gasteiger charge is -2.19. The molecule has 84 valence electrons. The average Bonchev–Trinajstić information content (AvgIpc) is 2.30. The van der Waals surface area contributed by atoms with E-state index in [0.717, 1.165) is 31.0 Å². The van der Waals surface area contributed by atoms with Gasteiger partial charge in [0.15, 0.2) is 0 Å². The Morgan fingerprint density at radius 2 is 1.80 bits per heavy atom. The fraction of sp³-hybridized carbons (Fsp3) is 0.667. The zero-order valence-electron chi connectivity index (χ0n) is 10.2. The van der Waals surface area contributed by atoms with Crippen LogP contribution in [0.1, 0.15) is 45.7 Å². The Morgan fingerprint density at radius 1 is 1.13 bits per heavy atom. The van der Waals surface area contributed by atoms with Crippen LogP contribution in [0.15, 0.2) is 12.4 Å². The molecule has 0 fully saturated rings. The van der Waals surface area contributed by atoms with E-state index < -0.39 is 0 Å². The minimum atomic E-state index is 0.503. The van der Waals surface area contributed by atoms with Crippen molar-refractivity contribution in [1.29, 1.82) is 0 Å². The van der Waals surface area contributed by atoms with E-state index in [4.69, 9.17) is 0 Å². The van der Waals surface area contributed by atoms with Crippen molar-refractivity contribution in [2.75, 3.05) is 18.0 Å². The number of aromatic nitrogens is 2. The summed E-state index contributed by atoms with van der Waals surface area (Å²) in [4.78, 5) is 11.1. The maximum atomic E-state index is 4.46. The standard InChI is InChI=1S/C12H21N3/c1-5-10(4)11-8-14-12(9-13-11)15(6-2)7-3/h8-10H,5-7H2,1-4H3. The summed E-state index contributed by atoms with van der Waals surface area (Å²) in [6, 6.07) is 0. The van der Waals surface area contributed by atoms with Gasteiger partial charge < -0.3 is 4.90 Å². The van der Waals surface area contributed by atoms with E-state index in [-0.39, 0.29) is 0 Å². The Morgan fingerprint density at radius 3 is 2.20 bits per heavy atom. The van der Waals surface area contributed by atoms with Crippen LogP contribution in [-0.2, 0) is 0 Å². The van der Waals surface area contributed by atoms with Gasteiger partial charge in [-0.3, -0.25) is 4.98 Å². The SMILES string of the molecule is CCC(C)c1cnc(N(CC)CC)cn1. The molecule has 1 heterocycles. The molecule has 0 amide bonds. The first-order valence-electron chi connectivity index (χ1n) is 5.79. The molecule has 0 saturated carbocycles. The smallest absolute Gasteiger partial charge is 0.147 e. The average molecular weight is 207 g/mol. The summed E-state index contributed by atoms with van der Waals surface area (Å²) in [7, 11) is 0. The normalized spacial score (nSPS) is 12.5. The molecule has 1 rings (SSSR count). The lowest BCUT2D eigenvalue weighted by Crippen LogP contribution is -2.23. The number of rotatable bonds is 5. The summed E-state index contributed by atoms with van der Waals surface area (Å²) in [6.07, 6.45) is 4.90. The Balaban J connectivity index is 2.79. The van der Waals surface area contributed by atoms with Gasteiger partial charge in [0.2, 0.25) is 0 Å². The van der Waals surface area contributed by atoms with Crippen molar-refractivity contribution in [1.82, 2.24) is 9.97 Å². The maximum absolute atomic E-state index is 4.46. The maximum Gasteiger partial charge on any atom is 0.147 e. The summed E-state index contributed by atoms with van der Waals surface area (Å²) >= 11 is 0. The van der Waals surface area contributed by atoms with Gasteiger partial charge in [0, 0.05) is 13.1 Å². The molecule has 0 aliphatic rings. The molecule has 3 nitrogen and oxygen atoms in total. The molecule has 0 saturated heterocycles. The van der Waals surface area contributed by atoms with E-state index in [2.05, 4.69) is 42.6 Å². The zero-order valence-corrected chi connectivity index (χ0v) is 10.2. The summed E-state index contributed by atoms with van der Waals surface area (Å²) in [5, 5.41) is 0. The molecule has 1 aromatic rings. The molecule has 15 heavy (non-hydrogen) atoms. The van der Waals surface area contributed by atoms with E-state index in [1.807, 2.05) is 12.4 Å². The summed E-state index contributed by atoms with van der Waals surface area (Å²) in [6.45, 7) is 10.6. The third kappa shape index (κ3) is 2.91. The molecule has 0 aliphatic heterocycles. The van der Waals surface area contributed by atoms with Crippen LogP contribution < -0.4 is 4.90 Å². The van der Waals surface area contributed by atoms with Crippen LogP contribution in [0.5, 0.6) is 0 Å². The summed E-state index contributed by atoms with van der Waals surface area (Å²) in [5.41, 5.74) is 1.09. The van der Waals surface area contributed by atoms with Gasteiger partial charge in [0.1, 0.15) is 5.82 Å². The highest BCUT2D eigenvalue weighted by Gasteiger charge is 2.07. The Labute approximate surface area is 92.6 Å². The van der Waals surface area contributed by atoms with Gasteiger partial charge in [-0.2, -0.15) is 0 Å². The number of hydrogen-bond acceptors (Lipinski definition) is 3. The molecule has 0 aromatic carbocycles. The summed E-state index contributed by atoms with van der Waals surface area (Å²) < 4.78 is 0. The Kier molecular flexibility index (Phi) is 4.53. The van der Waals surface area contributed by atoms with Crippen molar-refractivity contribution in [2.24, 2.45) is 0 Å². The number of nitrogens with zero attached hydrogens (tertiary/aromatic N) is 3. The van der Waals surface area contributed by atoms with Crippen molar-refractivity contribution in [2.45, 2.75) is 40.0 Å². The monoisotopic (exact) mass is 207 g/mol. The lowest BCUT2D eigenvalue weighted by atomic mass is 10.1. The summed E-state index contributed by atoms with van der Waals surface area (Å²) in [5.74, 6) is 1.48. The van der Waals surface area contributed by atoms with Crippen molar-refractivity contribution in [3.63, 3.8) is 0 Å². The van der Waals surface area contributed by atoms with Crippen molar-refractivity contribution in [3.05, 3.63) is 18.1 Å². The molecule has 0 bridgehead atoms. The highest BCUT2D eigenvalue weighted by atomic mass is 15.2. The molecule has 0 N–H and O–H groups in total. The third-order valence-corrected chi connectivity index (χ3v) is 2.86. The molecule has 1 aromatic heterocycles. The van der Waals surface area contributed by atoms with E-state index in [9.17, 15) is 0 Å². The first-order chi connectivity index (χ1) is 7.22. The fourth-order valence-corrected chi connectivity index (χ4v) is 1.51.